The summed E-state index contributed by atoms with van der Waals surface area (Å²) in [5, 5.41) is 9.48. The molecule has 0 amide bonds. The highest BCUT2D eigenvalue weighted by Gasteiger charge is 2.57. The lowest BCUT2D eigenvalue weighted by atomic mass is 10.1. The Kier molecular flexibility index (Phi) is 10.6. The third-order valence-corrected chi connectivity index (χ3v) is 5.55. The molecule has 0 aromatic carbocycles. The van der Waals surface area contributed by atoms with Gasteiger partial charge in [0.2, 0.25) is 0 Å². The number of aliphatic hydroxyl groups excluding tert-OH is 1. The molecule has 2 aliphatic rings. The summed E-state index contributed by atoms with van der Waals surface area (Å²) in [5.74, 6) is 4.58. The van der Waals surface area contributed by atoms with Crippen LogP contribution in [0.2, 0.25) is 0 Å². The van der Waals surface area contributed by atoms with Gasteiger partial charge in [-0.15, -0.1) is 0 Å². The topological polar surface area (TPSA) is 92.4 Å². The van der Waals surface area contributed by atoms with Crippen molar-refractivity contribution in [1.82, 2.24) is 0 Å². The molecule has 7 nitrogen and oxygen atoms in total. The lowest BCUT2D eigenvalue weighted by Crippen LogP contribution is -2.43. The van der Waals surface area contributed by atoms with Gasteiger partial charge >= 0.3 is 0 Å². The normalized spacial score (nSPS) is 29.9. The van der Waals surface area contributed by atoms with Crippen LogP contribution in [0.25, 0.3) is 0 Å². The van der Waals surface area contributed by atoms with Crippen molar-refractivity contribution in [3.63, 3.8) is 0 Å². The second kappa shape index (κ2) is 12.4. The van der Waals surface area contributed by atoms with Crippen LogP contribution in [-0.4, -0.2) is 54.8 Å². The molecular weight excluding hydrogens is 362 g/mol. The van der Waals surface area contributed by atoms with Gasteiger partial charge in [0.15, 0.2) is 12.1 Å². The smallest absolute Gasteiger partial charge is 0.187 e. The highest BCUT2D eigenvalue weighted by molar-refractivity contribution is 4.98. The van der Waals surface area contributed by atoms with E-state index in [2.05, 4.69) is 6.92 Å². The average Bonchev–Trinajstić information content (AvgIpc) is 3.15. The quantitative estimate of drug-likeness (QED) is 0.320. The summed E-state index contributed by atoms with van der Waals surface area (Å²) in [4.78, 5) is 4.85. The van der Waals surface area contributed by atoms with Crippen molar-refractivity contribution in [3.05, 3.63) is 0 Å². The molecule has 0 aromatic heterocycles. The molecule has 0 spiro atoms. The molecule has 0 aliphatic carbocycles. The fourth-order valence-corrected chi connectivity index (χ4v) is 4.04. The number of unbranched alkanes of at least 4 members (excludes halogenated alkanes) is 9. The van der Waals surface area contributed by atoms with E-state index >= 15 is 0 Å². The first-order valence-electron chi connectivity index (χ1n) is 11.1. The molecule has 2 fully saturated rings. The van der Waals surface area contributed by atoms with Crippen LogP contribution in [0.15, 0.2) is 0 Å². The van der Waals surface area contributed by atoms with Crippen LogP contribution in [0, 0.1) is 0 Å². The van der Waals surface area contributed by atoms with Gasteiger partial charge in [-0.1, -0.05) is 64.7 Å². The zero-order chi connectivity index (χ0) is 20.4. The Hall–Kier alpha value is -0.280. The molecule has 0 unspecified atom stereocenters. The lowest BCUT2D eigenvalue weighted by Gasteiger charge is -2.26. The van der Waals surface area contributed by atoms with Gasteiger partial charge in [-0.3, -0.25) is 4.84 Å². The van der Waals surface area contributed by atoms with E-state index in [1.165, 1.54) is 51.4 Å². The Morgan fingerprint density at radius 3 is 2.07 bits per heavy atom. The second-order valence-corrected chi connectivity index (χ2v) is 8.44. The molecule has 0 saturated carbocycles. The molecule has 3 N–H and O–H groups in total. The predicted octanol–water partition coefficient (Wildman–Crippen LogP) is 3.42. The van der Waals surface area contributed by atoms with Crippen LogP contribution < -0.4 is 5.90 Å². The summed E-state index contributed by atoms with van der Waals surface area (Å²) in [6.45, 7) is 6.34. The zero-order valence-corrected chi connectivity index (χ0v) is 17.9. The Morgan fingerprint density at radius 2 is 1.50 bits per heavy atom. The molecule has 0 aromatic rings. The molecular formula is C21H41NO6. The third kappa shape index (κ3) is 7.20. The number of rotatable bonds is 15. The number of fused-ring (bicyclic) bond motifs is 1. The highest BCUT2D eigenvalue weighted by Crippen LogP contribution is 2.40. The molecule has 5 atom stereocenters. The second-order valence-electron chi connectivity index (χ2n) is 8.44. The SMILES string of the molecule is CCCCCCCCCCCCO[C@@H]1O[C@H]([C@H](CO)ON)[C@@H]2OC(C)(C)O[C@H]12. The summed E-state index contributed by atoms with van der Waals surface area (Å²) < 4.78 is 23.8. The Morgan fingerprint density at radius 1 is 0.929 bits per heavy atom. The maximum Gasteiger partial charge on any atom is 0.187 e. The van der Waals surface area contributed by atoms with E-state index in [0.29, 0.717) is 6.61 Å². The van der Waals surface area contributed by atoms with Gasteiger partial charge in [-0.05, 0) is 20.3 Å². The molecule has 7 heteroatoms. The summed E-state index contributed by atoms with van der Waals surface area (Å²) in [5.41, 5.74) is 0. The average molecular weight is 404 g/mol. The van der Waals surface area contributed by atoms with Crippen LogP contribution in [-0.2, 0) is 23.8 Å². The lowest BCUT2D eigenvalue weighted by molar-refractivity contribution is -0.248. The van der Waals surface area contributed by atoms with Crippen molar-refractivity contribution >= 4 is 0 Å². The Bertz CT molecular complexity index is 418. The molecule has 2 rings (SSSR count). The number of hydrogen-bond donors (Lipinski definition) is 2. The highest BCUT2D eigenvalue weighted by atomic mass is 16.8. The Balaban J connectivity index is 1.62. The predicted molar refractivity (Wildman–Crippen MR) is 106 cm³/mol. The first kappa shape index (κ1) is 24.0. The van der Waals surface area contributed by atoms with E-state index in [-0.39, 0.29) is 18.8 Å². The molecule has 0 bridgehead atoms. The number of ether oxygens (including phenoxy) is 4. The summed E-state index contributed by atoms with van der Waals surface area (Å²) in [7, 11) is 0. The van der Waals surface area contributed by atoms with Gasteiger partial charge in [0.25, 0.3) is 0 Å². The largest absolute Gasteiger partial charge is 0.393 e. The number of nitrogens with two attached hydrogens (primary N) is 1. The number of aliphatic hydroxyl groups is 1. The van der Waals surface area contributed by atoms with Crippen LogP contribution in [0.3, 0.4) is 0 Å². The van der Waals surface area contributed by atoms with Crippen molar-refractivity contribution in [2.24, 2.45) is 5.90 Å². The molecule has 2 heterocycles. The van der Waals surface area contributed by atoms with E-state index in [1.54, 1.807) is 0 Å². The Labute approximate surface area is 170 Å². The minimum Gasteiger partial charge on any atom is -0.393 e. The summed E-state index contributed by atoms with van der Waals surface area (Å²) in [6, 6.07) is 0. The van der Waals surface area contributed by atoms with E-state index in [9.17, 15) is 5.11 Å². The van der Waals surface area contributed by atoms with Gasteiger partial charge in [0.05, 0.1) is 6.61 Å². The van der Waals surface area contributed by atoms with Crippen molar-refractivity contribution in [3.8, 4) is 0 Å². The fourth-order valence-electron chi connectivity index (χ4n) is 4.04. The van der Waals surface area contributed by atoms with E-state index < -0.39 is 24.3 Å². The first-order chi connectivity index (χ1) is 13.5. The van der Waals surface area contributed by atoms with Crippen LogP contribution in [0.1, 0.15) is 85.0 Å². The minimum absolute atomic E-state index is 0.251. The molecule has 0 radical (unpaired) electrons. The van der Waals surface area contributed by atoms with Crippen molar-refractivity contribution in [2.75, 3.05) is 13.2 Å². The molecule has 2 saturated heterocycles. The molecule has 2 aliphatic heterocycles. The zero-order valence-electron chi connectivity index (χ0n) is 17.9. The van der Waals surface area contributed by atoms with Gasteiger partial charge < -0.3 is 24.1 Å². The van der Waals surface area contributed by atoms with E-state index in [0.717, 1.165) is 12.8 Å². The monoisotopic (exact) mass is 403 g/mol. The minimum atomic E-state index is -0.718. The maximum atomic E-state index is 9.48. The van der Waals surface area contributed by atoms with Gasteiger partial charge in [-0.2, -0.15) is 0 Å². The third-order valence-electron chi connectivity index (χ3n) is 5.55. The van der Waals surface area contributed by atoms with Crippen molar-refractivity contribution < 1.29 is 28.9 Å². The van der Waals surface area contributed by atoms with Crippen molar-refractivity contribution in [2.45, 2.75) is 121 Å². The number of hydrogen-bond acceptors (Lipinski definition) is 7. The van der Waals surface area contributed by atoms with E-state index in [1.807, 2.05) is 13.8 Å². The fraction of sp³-hybridized carbons (Fsp3) is 1.00. The summed E-state index contributed by atoms with van der Waals surface area (Å²) >= 11 is 0. The van der Waals surface area contributed by atoms with Crippen LogP contribution >= 0.6 is 0 Å². The van der Waals surface area contributed by atoms with Gasteiger partial charge in [-0.25, -0.2) is 5.90 Å². The maximum absolute atomic E-state index is 9.48. The summed E-state index contributed by atoms with van der Waals surface area (Å²) in [6.07, 6.45) is 10.4. The van der Waals surface area contributed by atoms with Crippen LogP contribution in [0.4, 0.5) is 0 Å². The standard InChI is InChI=1S/C21H41NO6/c1-4-5-6-7-8-9-10-11-12-13-14-24-20-19-18(26-21(2,3)27-19)17(25-20)16(15-23)28-22/h16-20,23H,4-15,22H2,1-3H3/t16-,17+,18-,19-,20+/m0/s1. The first-order valence-corrected chi connectivity index (χ1v) is 11.1. The van der Waals surface area contributed by atoms with Crippen LogP contribution in [0.5, 0.6) is 0 Å². The van der Waals surface area contributed by atoms with Gasteiger partial charge in [0, 0.05) is 6.61 Å². The molecule has 166 valence electrons. The molecule has 28 heavy (non-hydrogen) atoms. The van der Waals surface area contributed by atoms with E-state index in [4.69, 9.17) is 29.7 Å². The van der Waals surface area contributed by atoms with Gasteiger partial charge in [0.1, 0.15) is 24.4 Å². The van der Waals surface area contributed by atoms with Crippen molar-refractivity contribution in [1.29, 1.82) is 0 Å².